The van der Waals surface area contributed by atoms with E-state index in [1.54, 1.807) is 31.2 Å². The number of ketones is 2. The molecule has 12 heteroatoms. The first-order chi connectivity index (χ1) is 19.3. The average molecular weight is 565 g/mol. The number of phenolic OH excluding ortho intramolecular Hbond substituents is 1. The molecule has 12 nitrogen and oxygen atoms in total. The van der Waals surface area contributed by atoms with Crippen LogP contribution in [0.3, 0.4) is 0 Å². The van der Waals surface area contributed by atoms with Crippen molar-refractivity contribution >= 4 is 23.2 Å². The van der Waals surface area contributed by atoms with Gasteiger partial charge < -0.3 is 40.7 Å². The summed E-state index contributed by atoms with van der Waals surface area (Å²) in [7, 11) is 2.92. The number of amides is 1. The average Bonchev–Trinajstić information content (AvgIpc) is 3.38. The summed E-state index contributed by atoms with van der Waals surface area (Å²) in [6, 6.07) is 6.76. The number of phenols is 1. The van der Waals surface area contributed by atoms with Crippen molar-refractivity contribution in [3.8, 4) is 28.4 Å². The third kappa shape index (κ3) is 3.35. The Balaban J connectivity index is 1.61. The Labute approximate surface area is 233 Å². The van der Waals surface area contributed by atoms with E-state index in [4.69, 9.17) is 15.2 Å². The smallest absolute Gasteiger partial charge is 0.255 e. The number of fused-ring (bicyclic) bond motifs is 4. The SMILES string of the molecule is C[C@H]1c2c(-c3ccc4c(c3)OCO4)ccc(O)c2C(O)=C2C(=O)[C@]3(O)C(O)=C(C(N)=O)C(=O)[C@@H](N(C)C)[C@@H]3[C@@H](O)[C@@H]21. The molecule has 0 unspecified atom stereocenters. The van der Waals surface area contributed by atoms with Gasteiger partial charge in [-0.05, 0) is 54.9 Å². The number of ether oxygens (including phenoxy) is 2. The maximum absolute atomic E-state index is 14.1. The predicted octanol–water partition coefficient (Wildman–Crippen LogP) is 0.891. The van der Waals surface area contributed by atoms with Crippen molar-refractivity contribution in [1.29, 1.82) is 0 Å². The molecule has 0 bridgehead atoms. The molecule has 3 aliphatic carbocycles. The minimum atomic E-state index is -2.96. The molecule has 1 saturated carbocycles. The maximum atomic E-state index is 14.1. The van der Waals surface area contributed by atoms with Gasteiger partial charge in [0.2, 0.25) is 12.6 Å². The fourth-order valence-electron chi connectivity index (χ4n) is 7.01. The number of benzene rings is 2. The van der Waals surface area contributed by atoms with Gasteiger partial charge in [-0.15, -0.1) is 0 Å². The lowest BCUT2D eigenvalue weighted by molar-refractivity contribution is -0.169. The molecule has 1 fully saturated rings. The summed E-state index contributed by atoms with van der Waals surface area (Å²) in [5.74, 6) is -8.39. The van der Waals surface area contributed by atoms with Crippen LogP contribution in [0.2, 0.25) is 0 Å². The van der Waals surface area contributed by atoms with Gasteiger partial charge in [-0.2, -0.15) is 0 Å². The molecule has 1 heterocycles. The van der Waals surface area contributed by atoms with Gasteiger partial charge in [-0.1, -0.05) is 19.1 Å². The summed E-state index contributed by atoms with van der Waals surface area (Å²) in [6.07, 6.45) is -1.68. The Morgan fingerprint density at radius 1 is 1.07 bits per heavy atom. The summed E-state index contributed by atoms with van der Waals surface area (Å²) in [6.45, 7) is 1.74. The second-order valence-electron chi connectivity index (χ2n) is 11.0. The third-order valence-corrected chi connectivity index (χ3v) is 8.79. The number of aliphatic hydroxyl groups is 4. The number of hydrogen-bond donors (Lipinski definition) is 6. The van der Waals surface area contributed by atoms with Crippen molar-refractivity contribution in [3.05, 3.63) is 58.4 Å². The zero-order valence-electron chi connectivity index (χ0n) is 22.3. The number of likely N-dealkylation sites (N-methyl/N-ethyl adjacent to an activating group) is 1. The maximum Gasteiger partial charge on any atom is 0.255 e. The van der Waals surface area contributed by atoms with Crippen LogP contribution in [0.5, 0.6) is 17.2 Å². The normalized spacial score (nSPS) is 30.3. The lowest BCUT2D eigenvalue weighted by Gasteiger charge is -2.53. The molecule has 1 amide bonds. The van der Waals surface area contributed by atoms with Crippen LogP contribution in [0, 0.1) is 11.8 Å². The van der Waals surface area contributed by atoms with E-state index < -0.39 is 75.6 Å². The molecule has 4 aliphatic rings. The number of Topliss-reactive ketones (excluding diaryl/α,β-unsaturated/α-hetero) is 2. The van der Waals surface area contributed by atoms with Crippen LogP contribution in [0.15, 0.2) is 47.2 Å². The Morgan fingerprint density at radius 3 is 2.41 bits per heavy atom. The molecule has 0 spiro atoms. The highest BCUT2D eigenvalue weighted by molar-refractivity contribution is 6.24. The van der Waals surface area contributed by atoms with Crippen LogP contribution in [0.25, 0.3) is 16.9 Å². The monoisotopic (exact) mass is 564 g/mol. The number of rotatable bonds is 3. The summed E-state index contributed by atoms with van der Waals surface area (Å²) < 4.78 is 10.9. The summed E-state index contributed by atoms with van der Waals surface area (Å²) in [5.41, 5.74) is 2.51. The van der Waals surface area contributed by atoms with Gasteiger partial charge in [-0.25, -0.2) is 0 Å². The standard InChI is InChI=1S/C29H28N2O10/c1-10-16-12(11-4-7-14-15(8-11)41-9-40-14)5-6-13(32)18(16)23(33)19-17(10)24(34)21-22(31(2)3)25(35)20(28(30)38)27(37)29(21,39)26(19)36/h4-8,10,17,21-22,24,32-34,37,39H,9H2,1-3H3,(H2,30,38)/t10-,17+,21+,22-,24-,29-/m0/s1. The minimum Gasteiger partial charge on any atom is -0.508 e. The Bertz CT molecular complexity index is 1630. The quantitative estimate of drug-likeness (QED) is 0.289. The number of aliphatic hydroxyl groups excluding tert-OH is 3. The molecule has 2 aromatic rings. The van der Waals surface area contributed by atoms with Crippen molar-refractivity contribution in [2.75, 3.05) is 20.9 Å². The van der Waals surface area contributed by atoms with E-state index in [9.17, 15) is 39.9 Å². The van der Waals surface area contributed by atoms with Crippen molar-refractivity contribution in [3.63, 3.8) is 0 Å². The second-order valence-corrected chi connectivity index (χ2v) is 11.0. The van der Waals surface area contributed by atoms with Crippen molar-refractivity contribution < 1.29 is 49.4 Å². The number of hydrogen-bond acceptors (Lipinski definition) is 11. The summed E-state index contributed by atoms with van der Waals surface area (Å²) >= 11 is 0. The van der Waals surface area contributed by atoms with E-state index in [1.165, 1.54) is 25.1 Å². The number of carbonyl (C=O) groups is 3. The Hall–Kier alpha value is -4.39. The summed E-state index contributed by atoms with van der Waals surface area (Å²) in [5, 5.41) is 57.1. The molecule has 6 atom stereocenters. The Morgan fingerprint density at radius 2 is 1.76 bits per heavy atom. The molecule has 41 heavy (non-hydrogen) atoms. The van der Waals surface area contributed by atoms with Gasteiger partial charge >= 0.3 is 0 Å². The van der Waals surface area contributed by atoms with Crippen LogP contribution in [0.1, 0.15) is 24.0 Å². The number of aromatic hydroxyl groups is 1. The van der Waals surface area contributed by atoms with E-state index in [0.29, 0.717) is 28.2 Å². The number of carbonyl (C=O) groups excluding carboxylic acids is 3. The Kier molecular flexibility index (Phi) is 5.76. The first-order valence-corrected chi connectivity index (χ1v) is 12.9. The van der Waals surface area contributed by atoms with Crippen LogP contribution >= 0.6 is 0 Å². The van der Waals surface area contributed by atoms with E-state index in [2.05, 4.69) is 0 Å². The van der Waals surface area contributed by atoms with E-state index in [1.807, 2.05) is 0 Å². The van der Waals surface area contributed by atoms with Crippen molar-refractivity contribution in [2.45, 2.75) is 30.6 Å². The van der Waals surface area contributed by atoms with Crippen molar-refractivity contribution in [2.24, 2.45) is 17.6 Å². The molecule has 2 aromatic carbocycles. The second kappa shape index (κ2) is 8.80. The zero-order valence-corrected chi connectivity index (χ0v) is 22.3. The topological polar surface area (TPSA) is 200 Å². The molecule has 0 radical (unpaired) electrons. The van der Waals surface area contributed by atoms with Crippen LogP contribution in [-0.2, 0) is 14.4 Å². The lowest BCUT2D eigenvalue weighted by atomic mass is 9.54. The largest absolute Gasteiger partial charge is 0.508 e. The highest BCUT2D eigenvalue weighted by Crippen LogP contribution is 2.57. The molecule has 6 rings (SSSR count). The van der Waals surface area contributed by atoms with Gasteiger partial charge in [0.25, 0.3) is 5.91 Å². The molecular formula is C29H28N2O10. The molecule has 7 N–H and O–H groups in total. The minimum absolute atomic E-state index is 0.0565. The van der Waals surface area contributed by atoms with Gasteiger partial charge in [-0.3, -0.25) is 19.3 Å². The number of nitrogens with two attached hydrogens (primary N) is 1. The predicted molar refractivity (Wildman–Crippen MR) is 142 cm³/mol. The fraction of sp³-hybridized carbons (Fsp3) is 0.345. The zero-order chi connectivity index (χ0) is 29.7. The van der Waals surface area contributed by atoms with Crippen LogP contribution in [0.4, 0.5) is 0 Å². The highest BCUT2D eigenvalue weighted by Gasteiger charge is 2.68. The highest BCUT2D eigenvalue weighted by atomic mass is 16.7. The van der Waals surface area contributed by atoms with Gasteiger partial charge in [0, 0.05) is 11.5 Å². The fourth-order valence-corrected chi connectivity index (χ4v) is 7.01. The number of primary amides is 1. The summed E-state index contributed by atoms with van der Waals surface area (Å²) in [4.78, 5) is 40.9. The van der Waals surface area contributed by atoms with Crippen molar-refractivity contribution in [1.82, 2.24) is 4.90 Å². The first kappa shape index (κ1) is 26.8. The van der Waals surface area contributed by atoms with E-state index in [-0.39, 0.29) is 18.1 Å². The molecule has 0 aromatic heterocycles. The molecule has 1 aliphatic heterocycles. The van der Waals surface area contributed by atoms with E-state index >= 15 is 0 Å². The number of nitrogens with zero attached hydrogens (tertiary/aromatic N) is 1. The van der Waals surface area contributed by atoms with Gasteiger partial charge in [0.15, 0.2) is 22.9 Å². The van der Waals surface area contributed by atoms with Gasteiger partial charge in [0.05, 0.1) is 23.6 Å². The third-order valence-electron chi connectivity index (χ3n) is 8.79. The van der Waals surface area contributed by atoms with Crippen LogP contribution in [-0.4, -0.2) is 86.5 Å². The van der Waals surface area contributed by atoms with Crippen LogP contribution < -0.4 is 15.2 Å². The first-order valence-electron chi connectivity index (χ1n) is 12.9. The van der Waals surface area contributed by atoms with E-state index in [0.717, 1.165) is 0 Å². The lowest BCUT2D eigenvalue weighted by Crippen LogP contribution is -2.70. The molecular weight excluding hydrogens is 536 g/mol. The molecule has 0 saturated heterocycles. The molecule has 214 valence electrons. The van der Waals surface area contributed by atoms with Gasteiger partial charge in [0.1, 0.15) is 22.8 Å².